The van der Waals surface area contributed by atoms with Crippen molar-refractivity contribution in [2.45, 2.75) is 32.2 Å². The number of rotatable bonds is 7. The zero-order valence-corrected chi connectivity index (χ0v) is 17.5. The zero-order chi connectivity index (χ0) is 21.8. The van der Waals surface area contributed by atoms with Crippen LogP contribution in [-0.2, 0) is 22.5 Å². The van der Waals surface area contributed by atoms with E-state index >= 15 is 0 Å². The first kappa shape index (κ1) is 21.4. The molecule has 8 heteroatoms. The number of pyridine rings is 1. The summed E-state index contributed by atoms with van der Waals surface area (Å²) < 4.78 is 6.33. The van der Waals surface area contributed by atoms with Gasteiger partial charge in [-0.25, -0.2) is 0 Å². The second-order valence-corrected chi connectivity index (χ2v) is 7.78. The summed E-state index contributed by atoms with van der Waals surface area (Å²) in [5.41, 5.74) is 1.85. The van der Waals surface area contributed by atoms with Crippen LogP contribution in [0.5, 0.6) is 17.2 Å². The molecule has 3 N–H and O–H groups in total. The van der Waals surface area contributed by atoms with E-state index in [1.54, 1.807) is 13.0 Å². The van der Waals surface area contributed by atoms with Gasteiger partial charge in [-0.3, -0.25) is 9.59 Å². The van der Waals surface area contributed by atoms with E-state index in [-0.39, 0.29) is 34.8 Å². The number of carbonyl (C=O) groups excluding carboxylic acids is 1. The van der Waals surface area contributed by atoms with Gasteiger partial charge in [0, 0.05) is 18.2 Å². The van der Waals surface area contributed by atoms with Crippen molar-refractivity contribution < 1.29 is 24.9 Å². The number of aromatic nitrogens is 1. The summed E-state index contributed by atoms with van der Waals surface area (Å²) in [7, 11) is 1.29. The fourth-order valence-electron chi connectivity index (χ4n) is 3.45. The number of phenols is 2. The van der Waals surface area contributed by atoms with Gasteiger partial charge in [-0.1, -0.05) is 6.07 Å². The molecule has 0 aliphatic heterocycles. The molecule has 1 aromatic carbocycles. The Hall–Kier alpha value is -3.26. The number of hydrogen-bond acceptors (Lipinski definition) is 7. The molecule has 3 aromatic rings. The van der Waals surface area contributed by atoms with Crippen molar-refractivity contribution in [3.8, 4) is 17.2 Å². The SMILES string of the molecule is COC(=O)C[C@@H](c1ccsc1)c1c(O)cc(C)n(CCc2ccc(O)c(O)c2)c1=O. The maximum atomic E-state index is 13.3. The number of hydrogen-bond donors (Lipinski definition) is 3. The van der Waals surface area contributed by atoms with Crippen molar-refractivity contribution in [2.24, 2.45) is 0 Å². The predicted octanol–water partition coefficient (Wildman–Crippen LogP) is 3.27. The molecule has 3 rings (SSSR count). The Balaban J connectivity index is 1.99. The third-order valence-corrected chi connectivity index (χ3v) is 5.78. The summed E-state index contributed by atoms with van der Waals surface area (Å²) in [6.45, 7) is 2.02. The van der Waals surface area contributed by atoms with Gasteiger partial charge >= 0.3 is 5.97 Å². The van der Waals surface area contributed by atoms with Crippen molar-refractivity contribution >= 4 is 17.3 Å². The zero-order valence-electron chi connectivity index (χ0n) is 16.7. The lowest BCUT2D eigenvalue weighted by Gasteiger charge is -2.19. The lowest BCUT2D eigenvalue weighted by molar-refractivity contribution is -0.140. The quantitative estimate of drug-likeness (QED) is 0.393. The van der Waals surface area contributed by atoms with Crippen molar-refractivity contribution in [2.75, 3.05) is 7.11 Å². The summed E-state index contributed by atoms with van der Waals surface area (Å²) in [4.78, 5) is 25.3. The molecule has 1 atom stereocenters. The first-order valence-electron chi connectivity index (χ1n) is 9.35. The lowest BCUT2D eigenvalue weighted by Crippen LogP contribution is -2.29. The van der Waals surface area contributed by atoms with E-state index in [0.29, 0.717) is 18.7 Å². The van der Waals surface area contributed by atoms with Crippen LogP contribution in [0.3, 0.4) is 0 Å². The Kier molecular flexibility index (Phi) is 6.47. The van der Waals surface area contributed by atoms with Gasteiger partial charge < -0.3 is 24.6 Å². The van der Waals surface area contributed by atoms with E-state index in [1.807, 2.05) is 16.8 Å². The molecule has 0 saturated carbocycles. The molecule has 0 bridgehead atoms. The van der Waals surface area contributed by atoms with Crippen molar-refractivity contribution in [1.29, 1.82) is 0 Å². The van der Waals surface area contributed by atoms with Crippen LogP contribution in [0.25, 0.3) is 0 Å². The van der Waals surface area contributed by atoms with Gasteiger partial charge in [-0.15, -0.1) is 0 Å². The molecule has 0 aliphatic carbocycles. The van der Waals surface area contributed by atoms with Crippen LogP contribution in [0.4, 0.5) is 0 Å². The van der Waals surface area contributed by atoms with Crippen LogP contribution in [0.1, 0.15) is 34.7 Å². The molecule has 158 valence electrons. The maximum absolute atomic E-state index is 13.3. The summed E-state index contributed by atoms with van der Waals surface area (Å²) in [5.74, 6) is -1.69. The normalized spacial score (nSPS) is 11.9. The fraction of sp³-hybridized carbons (Fsp3) is 0.273. The monoisotopic (exact) mass is 429 g/mol. The number of phenolic OH excluding ortho intramolecular Hbond substituents is 2. The number of thiophene rings is 1. The van der Waals surface area contributed by atoms with E-state index in [2.05, 4.69) is 0 Å². The van der Waals surface area contributed by atoms with Crippen LogP contribution in [0.2, 0.25) is 0 Å². The van der Waals surface area contributed by atoms with Gasteiger partial charge in [0.05, 0.1) is 19.1 Å². The highest BCUT2D eigenvalue weighted by Crippen LogP contribution is 2.33. The third-order valence-electron chi connectivity index (χ3n) is 5.08. The molecule has 0 unspecified atom stereocenters. The number of carbonyl (C=O) groups is 1. The first-order chi connectivity index (χ1) is 14.3. The number of esters is 1. The van der Waals surface area contributed by atoms with E-state index in [9.17, 15) is 24.9 Å². The summed E-state index contributed by atoms with van der Waals surface area (Å²) in [6.07, 6.45) is 0.365. The number of nitrogens with zero attached hydrogens (tertiary/aromatic N) is 1. The van der Waals surface area contributed by atoms with Crippen LogP contribution in [-0.4, -0.2) is 33.0 Å². The van der Waals surface area contributed by atoms with E-state index in [4.69, 9.17) is 4.74 Å². The van der Waals surface area contributed by atoms with Crippen LogP contribution >= 0.6 is 11.3 Å². The van der Waals surface area contributed by atoms with Crippen molar-refractivity contribution in [1.82, 2.24) is 4.57 Å². The highest BCUT2D eigenvalue weighted by atomic mass is 32.1. The minimum absolute atomic E-state index is 0.0646. The Morgan fingerprint density at radius 2 is 1.90 bits per heavy atom. The molecule has 0 amide bonds. The van der Waals surface area contributed by atoms with Gasteiger partial charge in [0.2, 0.25) is 0 Å². The molecule has 2 heterocycles. The van der Waals surface area contributed by atoms with Gasteiger partial charge in [0.1, 0.15) is 5.75 Å². The molecule has 30 heavy (non-hydrogen) atoms. The van der Waals surface area contributed by atoms with E-state index < -0.39 is 11.9 Å². The summed E-state index contributed by atoms with van der Waals surface area (Å²) >= 11 is 1.44. The topological polar surface area (TPSA) is 109 Å². The molecule has 0 saturated heterocycles. The fourth-order valence-corrected chi connectivity index (χ4v) is 4.16. The Labute approximate surface area is 177 Å². The average Bonchev–Trinajstić information content (AvgIpc) is 3.23. The van der Waals surface area contributed by atoms with E-state index in [1.165, 1.54) is 41.2 Å². The Morgan fingerprint density at radius 3 is 2.53 bits per heavy atom. The molecule has 7 nitrogen and oxygen atoms in total. The predicted molar refractivity (Wildman–Crippen MR) is 113 cm³/mol. The maximum Gasteiger partial charge on any atom is 0.306 e. The van der Waals surface area contributed by atoms with E-state index in [0.717, 1.165) is 11.1 Å². The highest BCUT2D eigenvalue weighted by molar-refractivity contribution is 7.08. The summed E-state index contributed by atoms with van der Waals surface area (Å²) in [6, 6.07) is 7.85. The standard InChI is InChI=1S/C22H23NO6S/c1-13-9-19(26)21(16(11-20(27)29-2)15-6-8-30-12-15)22(28)23(13)7-5-14-3-4-17(24)18(25)10-14/h3-4,6,8-10,12,16,24-26H,5,7,11H2,1-2H3/t16-/m0/s1. The number of ether oxygens (including phenoxy) is 1. The van der Waals surface area contributed by atoms with Crippen LogP contribution in [0, 0.1) is 6.92 Å². The van der Waals surface area contributed by atoms with Gasteiger partial charge in [0.15, 0.2) is 11.5 Å². The van der Waals surface area contributed by atoms with Crippen molar-refractivity contribution in [3.63, 3.8) is 0 Å². The third kappa shape index (κ3) is 4.49. The molecule has 0 spiro atoms. The number of methoxy groups -OCH3 is 1. The lowest BCUT2D eigenvalue weighted by atomic mass is 9.90. The van der Waals surface area contributed by atoms with Crippen LogP contribution < -0.4 is 5.56 Å². The molecular formula is C22H23NO6S. The van der Waals surface area contributed by atoms with Gasteiger partial charge in [-0.2, -0.15) is 11.3 Å². The van der Waals surface area contributed by atoms with Crippen molar-refractivity contribution in [3.05, 3.63) is 73.8 Å². The largest absolute Gasteiger partial charge is 0.507 e. The Morgan fingerprint density at radius 1 is 1.13 bits per heavy atom. The average molecular weight is 429 g/mol. The molecule has 2 aromatic heterocycles. The Bertz CT molecular complexity index is 1100. The smallest absolute Gasteiger partial charge is 0.306 e. The molecule has 0 aliphatic rings. The molecular weight excluding hydrogens is 406 g/mol. The minimum atomic E-state index is -0.624. The van der Waals surface area contributed by atoms with Gasteiger partial charge in [-0.05, 0) is 59.5 Å². The second-order valence-electron chi connectivity index (χ2n) is 7.00. The first-order valence-corrected chi connectivity index (χ1v) is 10.3. The number of aryl methyl sites for hydroxylation is 2. The number of benzene rings is 1. The number of aromatic hydroxyl groups is 3. The minimum Gasteiger partial charge on any atom is -0.507 e. The highest BCUT2D eigenvalue weighted by Gasteiger charge is 2.26. The van der Waals surface area contributed by atoms with Gasteiger partial charge in [0.25, 0.3) is 5.56 Å². The summed E-state index contributed by atoms with van der Waals surface area (Å²) in [5, 5.41) is 33.4. The molecule has 0 radical (unpaired) electrons. The second kappa shape index (κ2) is 9.04. The molecule has 0 fully saturated rings. The van der Waals surface area contributed by atoms with Crippen LogP contribution in [0.15, 0.2) is 45.9 Å².